The van der Waals surface area contributed by atoms with Crippen LogP contribution in [0.1, 0.15) is 13.3 Å². The van der Waals surface area contributed by atoms with Gasteiger partial charge in [0, 0.05) is 6.54 Å². The van der Waals surface area contributed by atoms with Gasteiger partial charge in [0.2, 0.25) is 11.6 Å². The summed E-state index contributed by atoms with van der Waals surface area (Å²) in [6.45, 7) is 1.31. The van der Waals surface area contributed by atoms with Gasteiger partial charge in [-0.15, -0.1) is 0 Å². The molecular weight excluding hydrogens is 289 g/mol. The van der Waals surface area contributed by atoms with Crippen molar-refractivity contribution in [3.63, 3.8) is 0 Å². The lowest BCUT2D eigenvalue weighted by atomic mass is 10.1. The van der Waals surface area contributed by atoms with Gasteiger partial charge in [-0.2, -0.15) is 4.39 Å². The highest BCUT2D eigenvalue weighted by Gasteiger charge is 2.40. The van der Waals surface area contributed by atoms with Gasteiger partial charge in [0.25, 0.3) is 11.6 Å². The number of nitro benzene ring substituents is 2. The van der Waals surface area contributed by atoms with E-state index in [1.807, 2.05) is 0 Å². The van der Waals surface area contributed by atoms with Crippen molar-refractivity contribution in [2.24, 2.45) is 0 Å². The van der Waals surface area contributed by atoms with E-state index in [1.165, 1.54) is 0 Å². The molecule has 0 bridgehead atoms. The molecule has 0 fully saturated rings. The molecule has 1 aliphatic rings. The minimum absolute atomic E-state index is 0.110. The fourth-order valence-corrected chi connectivity index (χ4v) is 2.10. The lowest BCUT2D eigenvalue weighted by molar-refractivity contribution is -0.391. The number of carbonyl (C=O) groups excluding carboxylic acids is 1. The Kier molecular flexibility index (Phi) is 3.70. The first-order valence-corrected chi connectivity index (χ1v) is 5.96. The van der Waals surface area contributed by atoms with Crippen LogP contribution in [0, 0.1) is 26.0 Å². The summed E-state index contributed by atoms with van der Waals surface area (Å²) in [5.74, 6) is -2.54. The van der Waals surface area contributed by atoms with Crippen LogP contribution < -0.4 is 9.64 Å². The molecule has 112 valence electrons. The van der Waals surface area contributed by atoms with Crippen LogP contribution in [0.2, 0.25) is 0 Å². The van der Waals surface area contributed by atoms with Crippen molar-refractivity contribution in [3.05, 3.63) is 32.1 Å². The topological polar surface area (TPSA) is 116 Å². The average molecular weight is 299 g/mol. The van der Waals surface area contributed by atoms with Crippen LogP contribution in [0.25, 0.3) is 0 Å². The molecule has 1 aliphatic heterocycles. The molecule has 0 unspecified atom stereocenters. The molecule has 1 aromatic rings. The number of nitrogens with zero attached hydrogens (tertiary/aromatic N) is 3. The van der Waals surface area contributed by atoms with Gasteiger partial charge in [0.05, 0.1) is 15.9 Å². The Morgan fingerprint density at radius 3 is 2.57 bits per heavy atom. The zero-order valence-corrected chi connectivity index (χ0v) is 10.9. The van der Waals surface area contributed by atoms with E-state index in [0.29, 0.717) is 12.5 Å². The Hall–Kier alpha value is -2.78. The molecule has 0 radical (unpaired) electrons. The zero-order chi connectivity index (χ0) is 15.7. The van der Waals surface area contributed by atoms with Crippen LogP contribution in [-0.4, -0.2) is 28.9 Å². The maximum Gasteiger partial charge on any atom is 0.348 e. The first-order chi connectivity index (χ1) is 9.88. The molecule has 1 aromatic carbocycles. The molecule has 1 amide bonds. The fraction of sp³-hybridized carbons (Fsp3) is 0.364. The van der Waals surface area contributed by atoms with E-state index in [9.17, 15) is 29.4 Å². The number of rotatable bonds is 4. The summed E-state index contributed by atoms with van der Waals surface area (Å²) in [5, 5.41) is 22.0. The number of amides is 1. The van der Waals surface area contributed by atoms with Gasteiger partial charge in [0.1, 0.15) is 0 Å². The molecule has 0 atom stereocenters. The third kappa shape index (κ3) is 2.35. The maximum atomic E-state index is 13.7. The first kappa shape index (κ1) is 14.6. The largest absolute Gasteiger partial charge is 0.475 e. The fourth-order valence-electron chi connectivity index (χ4n) is 2.10. The predicted octanol–water partition coefficient (Wildman–Crippen LogP) is 1.78. The molecule has 9 nitrogen and oxygen atoms in total. The van der Waals surface area contributed by atoms with Crippen LogP contribution in [0.5, 0.6) is 5.75 Å². The minimum atomic E-state index is -1.38. The third-order valence-corrected chi connectivity index (χ3v) is 2.90. The predicted molar refractivity (Wildman–Crippen MR) is 67.8 cm³/mol. The SMILES string of the molecule is CCCN1C(=O)COc2c1c([N+](=O)[O-])cc(F)c2[N+](=O)[O-]. The summed E-state index contributed by atoms with van der Waals surface area (Å²) >= 11 is 0. The number of benzene rings is 1. The Morgan fingerprint density at radius 2 is 2.05 bits per heavy atom. The van der Waals surface area contributed by atoms with Crippen molar-refractivity contribution < 1.29 is 23.8 Å². The van der Waals surface area contributed by atoms with E-state index in [1.54, 1.807) is 6.92 Å². The van der Waals surface area contributed by atoms with Crippen molar-refractivity contribution in [2.75, 3.05) is 18.1 Å². The smallest absolute Gasteiger partial charge is 0.348 e. The number of fused-ring (bicyclic) bond motifs is 1. The Morgan fingerprint density at radius 1 is 1.38 bits per heavy atom. The summed E-state index contributed by atoms with van der Waals surface area (Å²) in [7, 11) is 0. The van der Waals surface area contributed by atoms with Gasteiger partial charge in [-0.3, -0.25) is 25.0 Å². The zero-order valence-electron chi connectivity index (χ0n) is 10.9. The maximum absolute atomic E-state index is 13.7. The Bertz CT molecular complexity index is 647. The van der Waals surface area contributed by atoms with Crippen molar-refractivity contribution in [1.82, 2.24) is 0 Å². The van der Waals surface area contributed by atoms with Gasteiger partial charge in [-0.1, -0.05) is 6.92 Å². The van der Waals surface area contributed by atoms with Crippen LogP contribution >= 0.6 is 0 Å². The van der Waals surface area contributed by atoms with Crippen molar-refractivity contribution in [3.8, 4) is 5.75 Å². The van der Waals surface area contributed by atoms with Crippen LogP contribution in [0.15, 0.2) is 6.07 Å². The number of carbonyl (C=O) groups is 1. The molecule has 0 saturated heterocycles. The lowest BCUT2D eigenvalue weighted by Gasteiger charge is -2.28. The highest BCUT2D eigenvalue weighted by atomic mass is 19.1. The van der Waals surface area contributed by atoms with E-state index >= 15 is 0 Å². The van der Waals surface area contributed by atoms with Gasteiger partial charge < -0.3 is 9.64 Å². The highest BCUT2D eigenvalue weighted by molar-refractivity contribution is 6.01. The van der Waals surface area contributed by atoms with Crippen LogP contribution in [-0.2, 0) is 4.79 Å². The summed E-state index contributed by atoms with van der Waals surface area (Å²) in [4.78, 5) is 32.9. The quantitative estimate of drug-likeness (QED) is 0.618. The summed E-state index contributed by atoms with van der Waals surface area (Å²) in [5.41, 5.74) is -2.12. The minimum Gasteiger partial charge on any atom is -0.475 e. The molecule has 1 heterocycles. The number of nitro groups is 2. The number of anilines is 1. The molecule has 2 rings (SSSR count). The molecule has 10 heteroatoms. The van der Waals surface area contributed by atoms with Crippen molar-refractivity contribution in [1.29, 1.82) is 0 Å². The van der Waals surface area contributed by atoms with Gasteiger partial charge in [-0.25, -0.2) is 0 Å². The average Bonchev–Trinajstić information content (AvgIpc) is 2.40. The normalized spacial score (nSPS) is 13.6. The van der Waals surface area contributed by atoms with E-state index in [-0.39, 0.29) is 12.2 Å². The van der Waals surface area contributed by atoms with Gasteiger partial charge >= 0.3 is 5.69 Å². The highest BCUT2D eigenvalue weighted by Crippen LogP contribution is 2.47. The molecule has 0 spiro atoms. The molecule has 0 saturated carbocycles. The molecule has 21 heavy (non-hydrogen) atoms. The molecule has 0 aliphatic carbocycles. The second kappa shape index (κ2) is 5.31. The van der Waals surface area contributed by atoms with Crippen molar-refractivity contribution >= 4 is 23.0 Å². The monoisotopic (exact) mass is 299 g/mol. The van der Waals surface area contributed by atoms with E-state index in [0.717, 1.165) is 4.90 Å². The number of hydrogen-bond donors (Lipinski definition) is 0. The van der Waals surface area contributed by atoms with Gasteiger partial charge in [0.15, 0.2) is 12.3 Å². The van der Waals surface area contributed by atoms with E-state index in [4.69, 9.17) is 4.74 Å². The second-order valence-electron chi connectivity index (χ2n) is 4.25. The van der Waals surface area contributed by atoms with Crippen LogP contribution in [0.4, 0.5) is 21.5 Å². The van der Waals surface area contributed by atoms with Crippen LogP contribution in [0.3, 0.4) is 0 Å². The summed E-state index contributed by atoms with van der Waals surface area (Å²) in [6, 6.07) is 0.432. The lowest BCUT2D eigenvalue weighted by Crippen LogP contribution is -2.40. The summed E-state index contributed by atoms with van der Waals surface area (Å²) in [6.07, 6.45) is 0.466. The summed E-state index contributed by atoms with van der Waals surface area (Å²) < 4.78 is 18.6. The first-order valence-electron chi connectivity index (χ1n) is 5.96. The number of ether oxygens (including phenoxy) is 1. The number of hydrogen-bond acceptors (Lipinski definition) is 6. The molecular formula is C11H10FN3O6. The second-order valence-corrected chi connectivity index (χ2v) is 4.25. The van der Waals surface area contributed by atoms with E-state index < -0.39 is 45.3 Å². The Balaban J connectivity index is 2.79. The molecule has 0 N–H and O–H groups in total. The number of halogens is 1. The van der Waals surface area contributed by atoms with E-state index in [2.05, 4.69) is 0 Å². The standard InChI is InChI=1S/C11H10FN3O6/c1-2-3-13-8(16)5-21-11-9(15(19)20)6(12)4-7(10(11)13)14(17)18/h4H,2-3,5H2,1H3. The van der Waals surface area contributed by atoms with Gasteiger partial charge in [-0.05, 0) is 6.42 Å². The third-order valence-electron chi connectivity index (χ3n) is 2.90. The Labute approximate surface area is 117 Å². The molecule has 0 aromatic heterocycles. The van der Waals surface area contributed by atoms with Crippen molar-refractivity contribution in [2.45, 2.75) is 13.3 Å².